The highest BCUT2D eigenvalue weighted by Gasteiger charge is 2.08. The van der Waals surface area contributed by atoms with Gasteiger partial charge in [0, 0.05) is 17.7 Å². The third-order valence-corrected chi connectivity index (χ3v) is 2.49. The van der Waals surface area contributed by atoms with Gasteiger partial charge in [0.05, 0.1) is 0 Å². The lowest BCUT2D eigenvalue weighted by Gasteiger charge is -2.07. The molecule has 1 rings (SSSR count). The molecule has 0 saturated heterocycles. The number of hydrogen-bond donors (Lipinski definition) is 2. The minimum atomic E-state index is -0.482. The largest absolute Gasteiger partial charge is 0.389 e. The topological polar surface area (TPSA) is 55.1 Å². The summed E-state index contributed by atoms with van der Waals surface area (Å²) in [5, 5.41) is 2.68. The quantitative estimate of drug-likeness (QED) is 0.794. The zero-order valence-corrected chi connectivity index (χ0v) is 10.4. The van der Waals surface area contributed by atoms with Gasteiger partial charge in [0.15, 0.2) is 0 Å². The van der Waals surface area contributed by atoms with Gasteiger partial charge in [-0.1, -0.05) is 25.6 Å². The first-order valence-electron chi connectivity index (χ1n) is 5.43. The van der Waals surface area contributed by atoms with E-state index in [1.54, 1.807) is 0 Å². The highest BCUT2D eigenvalue weighted by molar-refractivity contribution is 7.80. The van der Waals surface area contributed by atoms with Crippen molar-refractivity contribution in [2.45, 2.75) is 26.2 Å². The second-order valence-electron chi connectivity index (χ2n) is 3.71. The highest BCUT2D eigenvalue weighted by atomic mass is 32.1. The highest BCUT2D eigenvalue weighted by Crippen LogP contribution is 2.15. The summed E-state index contributed by atoms with van der Waals surface area (Å²) in [7, 11) is 0. The second kappa shape index (κ2) is 6.30. The van der Waals surface area contributed by atoms with Crippen LogP contribution in [0.2, 0.25) is 0 Å². The summed E-state index contributed by atoms with van der Waals surface area (Å²) in [4.78, 5) is 11.4. The van der Waals surface area contributed by atoms with Crippen LogP contribution in [0.25, 0.3) is 0 Å². The fourth-order valence-electron chi connectivity index (χ4n) is 1.35. The van der Waals surface area contributed by atoms with Crippen LogP contribution in [0.15, 0.2) is 18.2 Å². The van der Waals surface area contributed by atoms with Gasteiger partial charge in [-0.3, -0.25) is 4.79 Å². The van der Waals surface area contributed by atoms with E-state index < -0.39 is 5.82 Å². The van der Waals surface area contributed by atoms with Crippen LogP contribution in [0.4, 0.5) is 10.1 Å². The van der Waals surface area contributed by atoms with Gasteiger partial charge in [0.2, 0.25) is 5.91 Å². The molecule has 1 amide bonds. The Labute approximate surface area is 105 Å². The molecule has 1 aromatic carbocycles. The van der Waals surface area contributed by atoms with E-state index in [1.165, 1.54) is 18.2 Å². The molecular weight excluding hydrogens is 239 g/mol. The number of hydrogen-bond acceptors (Lipinski definition) is 2. The lowest BCUT2D eigenvalue weighted by Crippen LogP contribution is -2.14. The molecule has 0 spiro atoms. The Kier molecular flexibility index (Phi) is 5.03. The Balaban J connectivity index is 2.75. The van der Waals surface area contributed by atoms with Crippen LogP contribution in [0, 0.1) is 5.82 Å². The van der Waals surface area contributed by atoms with Crippen molar-refractivity contribution in [3.63, 3.8) is 0 Å². The number of carbonyl (C=O) groups is 1. The van der Waals surface area contributed by atoms with Crippen LogP contribution in [0.5, 0.6) is 0 Å². The van der Waals surface area contributed by atoms with E-state index in [2.05, 4.69) is 5.32 Å². The SMILES string of the molecule is CCCCC(=O)Nc1ccc(F)c(C(N)=S)c1. The molecule has 0 atom stereocenters. The zero-order valence-electron chi connectivity index (χ0n) is 9.63. The van der Waals surface area contributed by atoms with E-state index >= 15 is 0 Å². The summed E-state index contributed by atoms with van der Waals surface area (Å²) >= 11 is 4.72. The molecule has 0 saturated carbocycles. The number of carbonyl (C=O) groups excluding carboxylic acids is 1. The van der Waals surface area contributed by atoms with E-state index in [1.807, 2.05) is 6.92 Å². The second-order valence-corrected chi connectivity index (χ2v) is 4.15. The molecule has 0 aliphatic carbocycles. The molecule has 17 heavy (non-hydrogen) atoms. The number of rotatable bonds is 5. The maximum atomic E-state index is 13.3. The molecule has 0 aliphatic rings. The molecule has 1 aromatic rings. The Hall–Kier alpha value is -1.49. The van der Waals surface area contributed by atoms with Crippen molar-refractivity contribution < 1.29 is 9.18 Å². The Morgan fingerprint density at radius 1 is 1.53 bits per heavy atom. The first-order valence-corrected chi connectivity index (χ1v) is 5.84. The molecule has 92 valence electrons. The van der Waals surface area contributed by atoms with Crippen LogP contribution >= 0.6 is 12.2 Å². The molecule has 3 N–H and O–H groups in total. The van der Waals surface area contributed by atoms with Crippen molar-refractivity contribution in [2.75, 3.05) is 5.32 Å². The number of benzene rings is 1. The van der Waals surface area contributed by atoms with Gasteiger partial charge >= 0.3 is 0 Å². The van der Waals surface area contributed by atoms with Crippen molar-refractivity contribution in [3.8, 4) is 0 Å². The van der Waals surface area contributed by atoms with E-state index in [-0.39, 0.29) is 16.5 Å². The number of unbranched alkanes of at least 4 members (excludes halogenated alkanes) is 1. The average Bonchev–Trinajstić information content (AvgIpc) is 2.28. The molecule has 0 radical (unpaired) electrons. The lowest BCUT2D eigenvalue weighted by atomic mass is 10.1. The number of thiocarbonyl (C=S) groups is 1. The Bertz CT molecular complexity index is 435. The van der Waals surface area contributed by atoms with Crippen molar-refractivity contribution in [2.24, 2.45) is 5.73 Å². The minimum absolute atomic E-state index is 0.0212. The standard InChI is InChI=1S/C12H15FN2OS/c1-2-3-4-11(16)15-8-5-6-10(13)9(7-8)12(14)17/h5-7H,2-4H2,1H3,(H2,14,17)(H,15,16). The van der Waals surface area contributed by atoms with Gasteiger partial charge in [-0.15, -0.1) is 0 Å². The molecule has 0 fully saturated rings. The van der Waals surface area contributed by atoms with Crippen molar-refractivity contribution >= 4 is 28.8 Å². The number of anilines is 1. The molecular formula is C12H15FN2OS. The predicted molar refractivity (Wildman–Crippen MR) is 70.4 cm³/mol. The van der Waals surface area contributed by atoms with Gasteiger partial charge in [0.25, 0.3) is 0 Å². The maximum Gasteiger partial charge on any atom is 0.224 e. The average molecular weight is 254 g/mol. The van der Waals surface area contributed by atoms with E-state index in [9.17, 15) is 9.18 Å². The molecule has 0 heterocycles. The summed E-state index contributed by atoms with van der Waals surface area (Å²) in [5.74, 6) is -0.573. The lowest BCUT2D eigenvalue weighted by molar-refractivity contribution is -0.116. The molecule has 5 heteroatoms. The van der Waals surface area contributed by atoms with Gasteiger partial charge < -0.3 is 11.1 Å². The third kappa shape index (κ3) is 4.11. The fourth-order valence-corrected chi connectivity index (χ4v) is 1.51. The van der Waals surface area contributed by atoms with E-state index in [4.69, 9.17) is 18.0 Å². The molecule has 3 nitrogen and oxygen atoms in total. The molecule has 0 unspecified atom stereocenters. The summed E-state index contributed by atoms with van der Waals surface area (Å²) < 4.78 is 13.3. The summed E-state index contributed by atoms with van der Waals surface area (Å²) in [6, 6.07) is 4.17. The van der Waals surface area contributed by atoms with Crippen molar-refractivity contribution in [3.05, 3.63) is 29.6 Å². The monoisotopic (exact) mass is 254 g/mol. The first kappa shape index (κ1) is 13.6. The number of nitrogens with one attached hydrogen (secondary N) is 1. The Morgan fingerprint density at radius 2 is 2.24 bits per heavy atom. The van der Waals surface area contributed by atoms with E-state index in [0.29, 0.717) is 12.1 Å². The summed E-state index contributed by atoms with van der Waals surface area (Å²) in [6.45, 7) is 2.01. The number of halogens is 1. The van der Waals surface area contributed by atoms with E-state index in [0.717, 1.165) is 12.8 Å². The number of nitrogens with two attached hydrogens (primary N) is 1. The molecule has 0 aromatic heterocycles. The van der Waals surface area contributed by atoms with Gasteiger partial charge in [0.1, 0.15) is 10.8 Å². The summed E-state index contributed by atoms with van der Waals surface area (Å²) in [5.41, 5.74) is 6.03. The minimum Gasteiger partial charge on any atom is -0.389 e. The van der Waals surface area contributed by atoms with Crippen LogP contribution < -0.4 is 11.1 Å². The van der Waals surface area contributed by atoms with Crippen LogP contribution in [-0.2, 0) is 4.79 Å². The van der Waals surface area contributed by atoms with Gasteiger partial charge in [-0.05, 0) is 24.6 Å². The van der Waals surface area contributed by atoms with Crippen LogP contribution in [-0.4, -0.2) is 10.9 Å². The normalized spacial score (nSPS) is 10.0. The maximum absolute atomic E-state index is 13.3. The Morgan fingerprint density at radius 3 is 2.82 bits per heavy atom. The number of amides is 1. The van der Waals surface area contributed by atoms with Gasteiger partial charge in [-0.25, -0.2) is 4.39 Å². The first-order chi connectivity index (χ1) is 8.04. The smallest absolute Gasteiger partial charge is 0.224 e. The molecule has 0 bridgehead atoms. The van der Waals surface area contributed by atoms with Crippen LogP contribution in [0.1, 0.15) is 31.7 Å². The predicted octanol–water partition coefficient (Wildman–Crippen LogP) is 2.59. The zero-order chi connectivity index (χ0) is 12.8. The van der Waals surface area contributed by atoms with Gasteiger partial charge in [-0.2, -0.15) is 0 Å². The fraction of sp³-hybridized carbons (Fsp3) is 0.333. The third-order valence-electron chi connectivity index (χ3n) is 2.27. The van der Waals surface area contributed by atoms with Crippen molar-refractivity contribution in [1.82, 2.24) is 0 Å². The molecule has 0 aliphatic heterocycles. The van der Waals surface area contributed by atoms with Crippen LogP contribution in [0.3, 0.4) is 0 Å². The summed E-state index contributed by atoms with van der Waals surface area (Å²) in [6.07, 6.45) is 2.24. The van der Waals surface area contributed by atoms with Crippen molar-refractivity contribution in [1.29, 1.82) is 0 Å².